The van der Waals surface area contributed by atoms with E-state index in [2.05, 4.69) is 43.0 Å². The number of hydrogen-bond acceptors (Lipinski definition) is 3. The van der Waals surface area contributed by atoms with Crippen molar-refractivity contribution in [3.8, 4) is 5.75 Å². The highest BCUT2D eigenvalue weighted by molar-refractivity contribution is 7.80. The van der Waals surface area contributed by atoms with E-state index in [-0.39, 0.29) is 11.9 Å². The van der Waals surface area contributed by atoms with Crippen LogP contribution < -0.4 is 4.74 Å². The fourth-order valence-electron chi connectivity index (χ4n) is 3.60. The number of amides is 1. The first-order valence-electron chi connectivity index (χ1n) is 8.34. The second-order valence-corrected chi connectivity index (χ2v) is 6.54. The third-order valence-corrected chi connectivity index (χ3v) is 4.93. The summed E-state index contributed by atoms with van der Waals surface area (Å²) in [7, 11) is 1.67. The average Bonchev–Trinajstić information content (AvgIpc) is 3.08. The Morgan fingerprint density at radius 3 is 2.62 bits per heavy atom. The van der Waals surface area contributed by atoms with Crippen molar-refractivity contribution >= 4 is 18.5 Å². The Morgan fingerprint density at radius 2 is 1.92 bits per heavy atom. The topological polar surface area (TPSA) is 29.5 Å². The number of ether oxygens (including phenoxy) is 1. The molecule has 2 atom stereocenters. The number of benzene rings is 2. The molecule has 1 aliphatic heterocycles. The summed E-state index contributed by atoms with van der Waals surface area (Å²) >= 11 is 4.23. The Balaban J connectivity index is 1.99. The third-order valence-electron chi connectivity index (χ3n) is 4.71. The van der Waals surface area contributed by atoms with E-state index < -0.39 is 0 Å². The van der Waals surface area contributed by atoms with Crippen LogP contribution in [0, 0.1) is 0 Å². The highest BCUT2D eigenvalue weighted by Gasteiger charge is 2.38. The first kappa shape index (κ1) is 16.9. The highest BCUT2D eigenvalue weighted by Crippen LogP contribution is 2.44. The molecular formula is C20H23NO2S. The fourth-order valence-corrected chi connectivity index (χ4v) is 3.79. The van der Waals surface area contributed by atoms with E-state index in [1.807, 2.05) is 29.2 Å². The van der Waals surface area contributed by atoms with Crippen molar-refractivity contribution in [2.24, 2.45) is 0 Å². The number of methoxy groups -OCH3 is 1. The molecule has 2 unspecified atom stereocenters. The summed E-state index contributed by atoms with van der Waals surface area (Å²) in [5.74, 6) is 1.89. The van der Waals surface area contributed by atoms with Crippen LogP contribution in [-0.2, 0) is 4.79 Å². The van der Waals surface area contributed by atoms with Gasteiger partial charge in [-0.15, -0.1) is 0 Å². The number of carbonyl (C=O) groups excluding carboxylic acids is 1. The van der Waals surface area contributed by atoms with E-state index in [0.717, 1.165) is 24.3 Å². The molecule has 0 saturated carbocycles. The van der Waals surface area contributed by atoms with Gasteiger partial charge in [-0.05, 0) is 35.4 Å². The zero-order valence-corrected chi connectivity index (χ0v) is 14.8. The van der Waals surface area contributed by atoms with Gasteiger partial charge in [-0.3, -0.25) is 4.79 Å². The van der Waals surface area contributed by atoms with Crippen LogP contribution in [0.2, 0.25) is 0 Å². The van der Waals surface area contributed by atoms with E-state index in [1.54, 1.807) is 7.11 Å². The number of thiol groups is 1. The third kappa shape index (κ3) is 3.44. The molecule has 0 bridgehead atoms. The minimum absolute atomic E-state index is 0.0508. The van der Waals surface area contributed by atoms with Gasteiger partial charge in [-0.1, -0.05) is 42.5 Å². The van der Waals surface area contributed by atoms with Gasteiger partial charge in [0.05, 0.1) is 13.2 Å². The largest absolute Gasteiger partial charge is 0.497 e. The van der Waals surface area contributed by atoms with E-state index >= 15 is 0 Å². The Hall–Kier alpha value is -1.94. The second kappa shape index (κ2) is 7.75. The summed E-state index contributed by atoms with van der Waals surface area (Å²) in [5, 5.41) is 0. The van der Waals surface area contributed by atoms with Crippen molar-refractivity contribution in [3.63, 3.8) is 0 Å². The Kier molecular flexibility index (Phi) is 5.46. The minimum Gasteiger partial charge on any atom is -0.497 e. The van der Waals surface area contributed by atoms with Crippen molar-refractivity contribution in [1.82, 2.24) is 4.90 Å². The van der Waals surface area contributed by atoms with Crippen LogP contribution in [0.5, 0.6) is 5.75 Å². The van der Waals surface area contributed by atoms with Crippen molar-refractivity contribution in [2.75, 3.05) is 19.4 Å². The van der Waals surface area contributed by atoms with Gasteiger partial charge in [0, 0.05) is 18.9 Å². The van der Waals surface area contributed by atoms with Gasteiger partial charge < -0.3 is 9.64 Å². The monoisotopic (exact) mass is 341 g/mol. The van der Waals surface area contributed by atoms with Crippen molar-refractivity contribution in [1.29, 1.82) is 0 Å². The van der Waals surface area contributed by atoms with Gasteiger partial charge >= 0.3 is 0 Å². The van der Waals surface area contributed by atoms with Gasteiger partial charge in [0.1, 0.15) is 5.75 Å². The molecular weight excluding hydrogens is 318 g/mol. The molecule has 24 heavy (non-hydrogen) atoms. The van der Waals surface area contributed by atoms with Crippen LogP contribution in [0.25, 0.3) is 0 Å². The lowest BCUT2D eigenvalue weighted by molar-refractivity contribution is -0.131. The lowest BCUT2D eigenvalue weighted by Crippen LogP contribution is -2.32. The van der Waals surface area contributed by atoms with Crippen molar-refractivity contribution in [3.05, 3.63) is 65.7 Å². The van der Waals surface area contributed by atoms with Crippen molar-refractivity contribution in [2.45, 2.75) is 24.8 Å². The van der Waals surface area contributed by atoms with Crippen LogP contribution in [0.1, 0.15) is 35.9 Å². The van der Waals surface area contributed by atoms with Crippen LogP contribution >= 0.6 is 12.6 Å². The molecule has 0 aromatic heterocycles. The molecule has 1 heterocycles. The van der Waals surface area contributed by atoms with Crippen LogP contribution in [0.3, 0.4) is 0 Å². The molecule has 2 aromatic rings. The molecule has 1 amide bonds. The molecule has 1 saturated heterocycles. The van der Waals surface area contributed by atoms with E-state index in [0.29, 0.717) is 18.1 Å². The molecule has 1 fully saturated rings. The maximum absolute atomic E-state index is 12.6. The first-order chi connectivity index (χ1) is 11.7. The molecule has 2 aromatic carbocycles. The molecule has 0 radical (unpaired) electrons. The molecule has 0 aliphatic carbocycles. The summed E-state index contributed by atoms with van der Waals surface area (Å²) in [5.41, 5.74) is 2.42. The molecule has 3 rings (SSSR count). The minimum atomic E-state index is 0.0508. The van der Waals surface area contributed by atoms with E-state index in [9.17, 15) is 4.79 Å². The lowest BCUT2D eigenvalue weighted by atomic mass is 9.87. The Bertz CT molecular complexity index is 689. The highest BCUT2D eigenvalue weighted by atomic mass is 32.1. The normalized spacial score (nSPS) is 20.2. The zero-order valence-electron chi connectivity index (χ0n) is 13.9. The van der Waals surface area contributed by atoms with Gasteiger partial charge in [0.15, 0.2) is 0 Å². The molecule has 3 nitrogen and oxygen atoms in total. The smallest absolute Gasteiger partial charge is 0.223 e. The SMILES string of the molecule is COc1cccc(C2C(c3ccccc3)CCN2C(=O)CCS)c1. The predicted molar refractivity (Wildman–Crippen MR) is 99.7 cm³/mol. The summed E-state index contributed by atoms with van der Waals surface area (Å²) in [6.07, 6.45) is 1.45. The average molecular weight is 341 g/mol. The molecule has 126 valence electrons. The predicted octanol–water partition coefficient (Wildman–Crippen LogP) is 4.07. The zero-order chi connectivity index (χ0) is 16.9. The maximum atomic E-state index is 12.6. The van der Waals surface area contributed by atoms with Gasteiger partial charge in [0.2, 0.25) is 5.91 Å². The van der Waals surface area contributed by atoms with Crippen LogP contribution in [0.4, 0.5) is 0 Å². The Labute approximate surface area is 149 Å². The second-order valence-electron chi connectivity index (χ2n) is 6.09. The molecule has 1 aliphatic rings. The number of carbonyl (C=O) groups is 1. The van der Waals surface area contributed by atoms with E-state index in [1.165, 1.54) is 5.56 Å². The number of likely N-dealkylation sites (tertiary alicyclic amines) is 1. The number of hydrogen-bond donors (Lipinski definition) is 1. The number of rotatable bonds is 5. The van der Waals surface area contributed by atoms with Crippen LogP contribution in [-0.4, -0.2) is 30.2 Å². The summed E-state index contributed by atoms with van der Waals surface area (Å²) in [6, 6.07) is 18.6. The maximum Gasteiger partial charge on any atom is 0.223 e. The molecule has 0 N–H and O–H groups in total. The van der Waals surface area contributed by atoms with Crippen molar-refractivity contribution < 1.29 is 9.53 Å². The summed E-state index contributed by atoms with van der Waals surface area (Å²) in [6.45, 7) is 0.786. The molecule has 0 spiro atoms. The van der Waals surface area contributed by atoms with Gasteiger partial charge in [-0.2, -0.15) is 12.6 Å². The van der Waals surface area contributed by atoms with Gasteiger partial charge in [0.25, 0.3) is 0 Å². The first-order valence-corrected chi connectivity index (χ1v) is 8.97. The van der Waals surface area contributed by atoms with Gasteiger partial charge in [-0.25, -0.2) is 0 Å². The number of nitrogens with zero attached hydrogens (tertiary/aromatic N) is 1. The van der Waals surface area contributed by atoms with Crippen LogP contribution in [0.15, 0.2) is 54.6 Å². The lowest BCUT2D eigenvalue weighted by Gasteiger charge is -2.29. The fraction of sp³-hybridized carbons (Fsp3) is 0.350. The standard InChI is InChI=1S/C20H23NO2S/c1-23-17-9-5-8-16(14-17)20-18(15-6-3-2-4-7-15)10-12-21(20)19(22)11-13-24/h2-9,14,18,20,24H,10-13H2,1H3. The van der Waals surface area contributed by atoms with E-state index in [4.69, 9.17) is 4.74 Å². The summed E-state index contributed by atoms with van der Waals surface area (Å²) in [4.78, 5) is 14.6. The molecule has 4 heteroatoms. The summed E-state index contributed by atoms with van der Waals surface area (Å²) < 4.78 is 5.38. The Morgan fingerprint density at radius 1 is 1.17 bits per heavy atom. The quantitative estimate of drug-likeness (QED) is 0.831.